The molecule has 1 aromatic rings. The van der Waals surface area contributed by atoms with Crippen molar-refractivity contribution in [3.8, 4) is 0 Å². The Morgan fingerprint density at radius 2 is 1.66 bits per heavy atom. The number of rotatable bonds is 5. The minimum Gasteiger partial charge on any atom is -0.374 e. The quantitative estimate of drug-likeness (QED) is 0.620. The van der Waals surface area contributed by atoms with Crippen molar-refractivity contribution < 1.29 is 40.6 Å². The molecule has 0 spiro atoms. The maximum absolute atomic E-state index is 13.3. The summed E-state index contributed by atoms with van der Waals surface area (Å²) in [6, 6.07) is 2.59. The molecule has 2 aliphatic rings. The normalized spacial score (nSPS) is 29.5. The molecule has 32 heavy (non-hydrogen) atoms. The van der Waals surface area contributed by atoms with Gasteiger partial charge in [-0.05, 0) is 51.0 Å². The van der Waals surface area contributed by atoms with Gasteiger partial charge in [0.05, 0.1) is 30.1 Å². The summed E-state index contributed by atoms with van der Waals surface area (Å²) in [4.78, 5) is 26.6. The highest BCUT2D eigenvalue weighted by Gasteiger charge is 2.47. The molecular formula is C20H24F6N2O4. The van der Waals surface area contributed by atoms with E-state index in [1.807, 2.05) is 0 Å². The fraction of sp³-hybridized carbons (Fsp3) is 0.700. The van der Waals surface area contributed by atoms with E-state index in [9.17, 15) is 35.9 Å². The lowest BCUT2D eigenvalue weighted by atomic mass is 9.78. The van der Waals surface area contributed by atoms with E-state index in [1.54, 1.807) is 0 Å². The maximum Gasteiger partial charge on any atom is 0.522 e. The van der Waals surface area contributed by atoms with Crippen molar-refractivity contribution in [3.05, 3.63) is 28.7 Å². The molecule has 2 saturated carbocycles. The van der Waals surface area contributed by atoms with Gasteiger partial charge < -0.3 is 15.0 Å². The molecule has 12 heteroatoms. The number of alkyl halides is 6. The summed E-state index contributed by atoms with van der Waals surface area (Å²) in [5.41, 5.74) is -0.241. The molecule has 0 aromatic carbocycles. The Morgan fingerprint density at radius 3 is 2.25 bits per heavy atom. The fourth-order valence-electron chi connectivity index (χ4n) is 4.36. The van der Waals surface area contributed by atoms with Gasteiger partial charge in [-0.15, -0.1) is 13.2 Å². The van der Waals surface area contributed by atoms with Gasteiger partial charge >= 0.3 is 12.5 Å². The van der Waals surface area contributed by atoms with Crippen LogP contribution >= 0.6 is 0 Å². The number of hydrogen-bond donors (Lipinski definition) is 2. The van der Waals surface area contributed by atoms with Gasteiger partial charge in [0.25, 0.3) is 0 Å². The van der Waals surface area contributed by atoms with E-state index in [-0.39, 0.29) is 44.2 Å². The van der Waals surface area contributed by atoms with Crippen LogP contribution in [0.2, 0.25) is 0 Å². The van der Waals surface area contributed by atoms with Crippen LogP contribution in [0.1, 0.15) is 44.9 Å². The highest BCUT2D eigenvalue weighted by atomic mass is 19.4. The van der Waals surface area contributed by atoms with Gasteiger partial charge in [-0.1, -0.05) is 0 Å². The van der Waals surface area contributed by atoms with Gasteiger partial charge in [0.2, 0.25) is 11.5 Å². The van der Waals surface area contributed by atoms with Crippen LogP contribution in [0.5, 0.6) is 0 Å². The molecule has 2 fully saturated rings. The molecule has 0 radical (unpaired) electrons. The third-order valence-corrected chi connectivity index (χ3v) is 5.92. The molecule has 2 N–H and O–H groups in total. The third-order valence-electron chi connectivity index (χ3n) is 5.92. The number of carbonyl (C=O) groups excluding carboxylic acids is 1. The van der Waals surface area contributed by atoms with E-state index < -0.39 is 60.6 Å². The van der Waals surface area contributed by atoms with Crippen molar-refractivity contribution in [1.82, 2.24) is 4.98 Å². The number of amides is 1. The van der Waals surface area contributed by atoms with Gasteiger partial charge in [-0.3, -0.25) is 14.3 Å². The number of nitrogens with one attached hydrogen (secondary N) is 2. The number of aromatic amines is 1. The molecule has 3 unspecified atom stereocenters. The number of aromatic nitrogens is 1. The number of anilines is 1. The molecule has 0 saturated heterocycles. The van der Waals surface area contributed by atoms with Crippen LogP contribution in [-0.2, 0) is 14.3 Å². The molecule has 180 valence electrons. The number of carbonyl (C=O) groups is 1. The smallest absolute Gasteiger partial charge is 0.374 e. The summed E-state index contributed by atoms with van der Waals surface area (Å²) in [5, 5.41) is 2.54. The molecule has 3 rings (SSSR count). The molecule has 1 heterocycles. The molecule has 1 aromatic heterocycles. The fourth-order valence-corrected chi connectivity index (χ4v) is 4.36. The Morgan fingerprint density at radius 1 is 1.00 bits per heavy atom. The summed E-state index contributed by atoms with van der Waals surface area (Å²) in [6.45, 7) is 0. The standard InChI is InChI=1S/C20H24F6N2O4/c21-19(22,23)11-1-6-15(18(30)28-12-7-8-27-17(29)10-12)16(9-11)31-13-2-4-14(5-3-13)32-20(24,25)26/h7-8,10-11,13-16H,1-6,9H2,(H2,27,28,29,30). The molecule has 3 atom stereocenters. The average molecular weight is 470 g/mol. The Bertz CT molecular complexity index is 832. The predicted octanol–water partition coefficient (Wildman–Crippen LogP) is 4.52. The first-order valence-electron chi connectivity index (χ1n) is 10.4. The lowest BCUT2D eigenvalue weighted by Gasteiger charge is -2.39. The average Bonchev–Trinajstić information content (AvgIpc) is 2.67. The molecule has 0 aliphatic heterocycles. The SMILES string of the molecule is O=C(Nc1cc[nH]c(=O)c1)C1CCC(C(F)(F)F)CC1OC1CCC(OC(F)(F)F)CC1. The Kier molecular flexibility index (Phi) is 7.53. The highest BCUT2D eigenvalue weighted by molar-refractivity contribution is 5.92. The first kappa shape index (κ1) is 24.6. The zero-order valence-electron chi connectivity index (χ0n) is 17.0. The van der Waals surface area contributed by atoms with Gasteiger partial charge in [-0.2, -0.15) is 13.2 Å². The van der Waals surface area contributed by atoms with Gasteiger partial charge in [0.15, 0.2) is 0 Å². The largest absolute Gasteiger partial charge is 0.522 e. The third kappa shape index (κ3) is 6.96. The topological polar surface area (TPSA) is 80.4 Å². The van der Waals surface area contributed by atoms with Crippen LogP contribution in [0.3, 0.4) is 0 Å². The second-order valence-electron chi connectivity index (χ2n) is 8.23. The van der Waals surface area contributed by atoms with Crippen molar-refractivity contribution in [2.75, 3.05) is 5.32 Å². The summed E-state index contributed by atoms with van der Waals surface area (Å²) < 4.78 is 86.9. The molecular weight excluding hydrogens is 446 g/mol. The van der Waals surface area contributed by atoms with Crippen LogP contribution in [0.15, 0.2) is 23.1 Å². The summed E-state index contributed by atoms with van der Waals surface area (Å²) in [6.07, 6.45) is -10.7. The molecule has 2 aliphatic carbocycles. The van der Waals surface area contributed by atoms with E-state index in [2.05, 4.69) is 15.0 Å². The van der Waals surface area contributed by atoms with Crippen molar-refractivity contribution in [2.45, 2.75) is 75.8 Å². The van der Waals surface area contributed by atoms with Crippen LogP contribution in [0, 0.1) is 11.8 Å². The second kappa shape index (κ2) is 9.82. The summed E-state index contributed by atoms with van der Waals surface area (Å²) >= 11 is 0. The van der Waals surface area contributed by atoms with Crippen LogP contribution in [0.25, 0.3) is 0 Å². The Labute approximate surface area is 179 Å². The minimum absolute atomic E-state index is 0.0588. The van der Waals surface area contributed by atoms with Crippen molar-refractivity contribution in [1.29, 1.82) is 0 Å². The highest BCUT2D eigenvalue weighted by Crippen LogP contribution is 2.42. The van der Waals surface area contributed by atoms with Crippen molar-refractivity contribution in [2.24, 2.45) is 11.8 Å². The van der Waals surface area contributed by atoms with E-state index in [1.165, 1.54) is 12.3 Å². The first-order chi connectivity index (χ1) is 14.9. The molecule has 1 amide bonds. The van der Waals surface area contributed by atoms with Crippen molar-refractivity contribution >= 4 is 11.6 Å². The van der Waals surface area contributed by atoms with E-state index in [0.29, 0.717) is 0 Å². The predicted molar refractivity (Wildman–Crippen MR) is 101 cm³/mol. The minimum atomic E-state index is -4.75. The lowest BCUT2D eigenvalue weighted by Crippen LogP contribution is -2.45. The maximum atomic E-state index is 13.3. The van der Waals surface area contributed by atoms with Crippen LogP contribution in [-0.4, -0.2) is 41.7 Å². The zero-order chi connectivity index (χ0) is 23.5. The summed E-state index contributed by atoms with van der Waals surface area (Å²) in [5.74, 6) is -3.06. The number of pyridine rings is 1. The number of halogens is 6. The van der Waals surface area contributed by atoms with E-state index in [4.69, 9.17) is 4.74 Å². The molecule has 0 bridgehead atoms. The number of H-pyrrole nitrogens is 1. The first-order valence-corrected chi connectivity index (χ1v) is 10.4. The van der Waals surface area contributed by atoms with Gasteiger partial charge in [0.1, 0.15) is 0 Å². The van der Waals surface area contributed by atoms with Gasteiger partial charge in [0, 0.05) is 18.0 Å². The van der Waals surface area contributed by atoms with E-state index >= 15 is 0 Å². The van der Waals surface area contributed by atoms with Crippen molar-refractivity contribution in [3.63, 3.8) is 0 Å². The number of hydrogen-bond acceptors (Lipinski definition) is 4. The van der Waals surface area contributed by atoms with E-state index in [0.717, 1.165) is 6.07 Å². The molecule has 6 nitrogen and oxygen atoms in total. The Hall–Kier alpha value is -2.08. The van der Waals surface area contributed by atoms with Gasteiger partial charge in [-0.25, -0.2) is 0 Å². The monoisotopic (exact) mass is 470 g/mol. The number of ether oxygens (including phenoxy) is 2. The van der Waals surface area contributed by atoms with Crippen LogP contribution < -0.4 is 10.9 Å². The zero-order valence-corrected chi connectivity index (χ0v) is 17.0. The van der Waals surface area contributed by atoms with Crippen LogP contribution in [0.4, 0.5) is 32.0 Å². The Balaban J connectivity index is 1.65. The summed E-state index contributed by atoms with van der Waals surface area (Å²) in [7, 11) is 0. The lowest BCUT2D eigenvalue weighted by molar-refractivity contribution is -0.346. The second-order valence-corrected chi connectivity index (χ2v) is 8.23.